The molecule has 1 atom stereocenters. The summed E-state index contributed by atoms with van der Waals surface area (Å²) in [4.78, 5) is 11.7. The van der Waals surface area contributed by atoms with Gasteiger partial charge in [-0.25, -0.2) is 4.98 Å². The molecule has 36 heavy (non-hydrogen) atoms. The van der Waals surface area contributed by atoms with Crippen molar-refractivity contribution in [2.75, 3.05) is 45.3 Å². The molecule has 4 aromatic rings. The van der Waals surface area contributed by atoms with E-state index in [9.17, 15) is 0 Å². The van der Waals surface area contributed by atoms with E-state index in [2.05, 4.69) is 44.3 Å². The maximum Gasteiger partial charge on any atom is 0.154 e. The predicted octanol–water partition coefficient (Wildman–Crippen LogP) is 3.50. The summed E-state index contributed by atoms with van der Waals surface area (Å²) in [7, 11) is 1.75. The number of rotatable bonds is 9. The van der Waals surface area contributed by atoms with Crippen molar-refractivity contribution in [3.05, 3.63) is 54.6 Å². The third kappa shape index (κ3) is 5.84. The summed E-state index contributed by atoms with van der Waals surface area (Å²) in [5.41, 5.74) is 4.68. The number of fused-ring (bicyclic) bond motifs is 1. The maximum atomic E-state index is 5.73. The van der Waals surface area contributed by atoms with E-state index in [1.807, 2.05) is 47.5 Å². The van der Waals surface area contributed by atoms with Gasteiger partial charge in [-0.15, -0.1) is 5.10 Å². The van der Waals surface area contributed by atoms with Crippen LogP contribution in [0.15, 0.2) is 49.1 Å². The van der Waals surface area contributed by atoms with Crippen LogP contribution in [0.1, 0.15) is 25.3 Å². The number of nitrogens with zero attached hydrogens (tertiary/aromatic N) is 7. The normalized spacial score (nSPS) is 15.4. The van der Waals surface area contributed by atoms with Crippen LogP contribution in [0, 0.1) is 0 Å². The Morgan fingerprint density at radius 2 is 1.86 bits per heavy atom. The number of ether oxygens (including phenoxy) is 2. The number of hydrogen-bond acceptors (Lipinski definition) is 9. The van der Waals surface area contributed by atoms with Crippen LogP contribution in [0.3, 0.4) is 0 Å². The lowest BCUT2D eigenvalue weighted by Crippen LogP contribution is -2.42. The second-order valence-corrected chi connectivity index (χ2v) is 9.33. The molecule has 1 unspecified atom stereocenters. The van der Waals surface area contributed by atoms with Gasteiger partial charge in [-0.3, -0.25) is 14.6 Å². The molecule has 4 aromatic heterocycles. The largest absolute Gasteiger partial charge is 0.379 e. The second-order valence-electron chi connectivity index (χ2n) is 9.33. The first kappa shape index (κ1) is 24.2. The minimum atomic E-state index is 0.0539. The lowest BCUT2D eigenvalue weighted by atomic mass is 10.1. The fourth-order valence-electron chi connectivity index (χ4n) is 4.22. The third-order valence-corrected chi connectivity index (χ3v) is 6.39. The van der Waals surface area contributed by atoms with Gasteiger partial charge in [0.15, 0.2) is 5.82 Å². The SMILES string of the molecule is COC(CN1CCOCC1)Cn1cc(-c2cnc3ccc(Nc4cc(C(C)C)cnn4)nc3c2)cn1. The average Bonchev–Trinajstić information content (AvgIpc) is 3.37. The molecule has 0 aliphatic carbocycles. The zero-order valence-corrected chi connectivity index (χ0v) is 21.0. The van der Waals surface area contributed by atoms with Crippen molar-refractivity contribution in [3.8, 4) is 11.1 Å². The zero-order chi connectivity index (χ0) is 24.9. The molecule has 1 fully saturated rings. The summed E-state index contributed by atoms with van der Waals surface area (Å²) in [5, 5.41) is 16.1. The molecule has 0 amide bonds. The van der Waals surface area contributed by atoms with Crippen LogP contribution < -0.4 is 5.32 Å². The summed E-state index contributed by atoms with van der Waals surface area (Å²) in [5.74, 6) is 1.73. The van der Waals surface area contributed by atoms with Gasteiger partial charge in [0.25, 0.3) is 0 Å². The van der Waals surface area contributed by atoms with Gasteiger partial charge in [0.2, 0.25) is 0 Å². The molecule has 0 spiro atoms. The Hall–Kier alpha value is -3.47. The molecule has 188 valence electrons. The van der Waals surface area contributed by atoms with Crippen molar-refractivity contribution in [1.82, 2.24) is 34.8 Å². The Morgan fingerprint density at radius 1 is 1.00 bits per heavy atom. The maximum absolute atomic E-state index is 5.73. The lowest BCUT2D eigenvalue weighted by Gasteiger charge is -2.29. The van der Waals surface area contributed by atoms with Gasteiger partial charge in [0.05, 0.1) is 49.3 Å². The van der Waals surface area contributed by atoms with Crippen molar-refractivity contribution in [2.45, 2.75) is 32.4 Å². The van der Waals surface area contributed by atoms with Gasteiger partial charge in [-0.1, -0.05) is 13.8 Å². The van der Waals surface area contributed by atoms with E-state index in [1.54, 1.807) is 13.3 Å². The third-order valence-electron chi connectivity index (χ3n) is 6.39. The molecule has 5 heterocycles. The van der Waals surface area contributed by atoms with Crippen molar-refractivity contribution < 1.29 is 9.47 Å². The van der Waals surface area contributed by atoms with Crippen LogP contribution in [-0.2, 0) is 16.0 Å². The Balaban J connectivity index is 1.30. The highest BCUT2D eigenvalue weighted by molar-refractivity contribution is 5.81. The van der Waals surface area contributed by atoms with E-state index >= 15 is 0 Å². The molecule has 10 heteroatoms. The number of anilines is 2. The van der Waals surface area contributed by atoms with E-state index in [0.717, 1.165) is 60.6 Å². The minimum Gasteiger partial charge on any atom is -0.379 e. The van der Waals surface area contributed by atoms with Crippen LogP contribution in [0.5, 0.6) is 0 Å². The second kappa shape index (κ2) is 11.1. The molecule has 1 saturated heterocycles. The van der Waals surface area contributed by atoms with E-state index < -0.39 is 0 Å². The zero-order valence-electron chi connectivity index (χ0n) is 21.0. The Kier molecular flexibility index (Phi) is 7.45. The van der Waals surface area contributed by atoms with Gasteiger partial charge in [0, 0.05) is 50.3 Å². The van der Waals surface area contributed by atoms with Gasteiger partial charge >= 0.3 is 0 Å². The standard InChI is InChI=1S/C26H32N8O2/c1-18(2)19-11-26(32-28-13-19)31-25-5-4-23-24(30-25)10-20(12-27-23)21-14-29-34(15-21)17-22(35-3)16-33-6-8-36-9-7-33/h4-5,10-15,18,22H,6-9,16-17H2,1-3H3,(H,30,31,32). The highest BCUT2D eigenvalue weighted by Gasteiger charge is 2.17. The van der Waals surface area contributed by atoms with Crippen molar-refractivity contribution >= 4 is 22.7 Å². The number of nitrogens with one attached hydrogen (secondary N) is 1. The summed E-state index contributed by atoms with van der Waals surface area (Å²) >= 11 is 0. The van der Waals surface area contributed by atoms with Crippen LogP contribution >= 0.6 is 0 Å². The van der Waals surface area contributed by atoms with Crippen molar-refractivity contribution in [1.29, 1.82) is 0 Å². The highest BCUT2D eigenvalue weighted by Crippen LogP contribution is 2.24. The molecular formula is C26H32N8O2. The molecule has 1 N–H and O–H groups in total. The molecule has 0 radical (unpaired) electrons. The number of pyridine rings is 2. The molecule has 0 saturated carbocycles. The topological polar surface area (TPSA) is 103 Å². The van der Waals surface area contributed by atoms with Crippen LogP contribution in [0.25, 0.3) is 22.2 Å². The van der Waals surface area contributed by atoms with E-state index in [-0.39, 0.29) is 6.10 Å². The van der Waals surface area contributed by atoms with Crippen molar-refractivity contribution in [3.63, 3.8) is 0 Å². The summed E-state index contributed by atoms with van der Waals surface area (Å²) < 4.78 is 13.1. The average molecular weight is 489 g/mol. The Bertz CT molecular complexity index is 1300. The first-order chi connectivity index (χ1) is 17.6. The number of hydrogen-bond donors (Lipinski definition) is 1. The summed E-state index contributed by atoms with van der Waals surface area (Å²) in [6.45, 7) is 9.22. The Morgan fingerprint density at radius 3 is 2.67 bits per heavy atom. The van der Waals surface area contributed by atoms with Gasteiger partial charge in [0.1, 0.15) is 5.82 Å². The van der Waals surface area contributed by atoms with Gasteiger partial charge < -0.3 is 14.8 Å². The lowest BCUT2D eigenvalue weighted by molar-refractivity contribution is -0.00268. The number of methoxy groups -OCH3 is 1. The monoisotopic (exact) mass is 488 g/mol. The first-order valence-electron chi connectivity index (χ1n) is 12.3. The van der Waals surface area contributed by atoms with E-state index in [1.165, 1.54) is 0 Å². The molecule has 10 nitrogen and oxygen atoms in total. The molecule has 5 rings (SSSR count). The molecule has 1 aliphatic heterocycles. The van der Waals surface area contributed by atoms with Crippen LogP contribution in [0.4, 0.5) is 11.6 Å². The van der Waals surface area contributed by atoms with Crippen LogP contribution in [0.2, 0.25) is 0 Å². The van der Waals surface area contributed by atoms with Crippen molar-refractivity contribution in [2.24, 2.45) is 0 Å². The quantitative estimate of drug-likeness (QED) is 0.379. The minimum absolute atomic E-state index is 0.0539. The summed E-state index contributed by atoms with van der Waals surface area (Å²) in [6.07, 6.45) is 7.59. The fourth-order valence-corrected chi connectivity index (χ4v) is 4.22. The Labute approximate surface area is 210 Å². The van der Waals surface area contributed by atoms with Gasteiger partial charge in [-0.2, -0.15) is 10.2 Å². The number of morpholine rings is 1. The highest BCUT2D eigenvalue weighted by atomic mass is 16.5. The van der Waals surface area contributed by atoms with E-state index in [0.29, 0.717) is 24.1 Å². The first-order valence-corrected chi connectivity index (χ1v) is 12.3. The van der Waals surface area contributed by atoms with E-state index in [4.69, 9.17) is 14.5 Å². The predicted molar refractivity (Wildman–Crippen MR) is 138 cm³/mol. The van der Waals surface area contributed by atoms with Gasteiger partial charge in [-0.05, 0) is 35.7 Å². The number of aromatic nitrogens is 6. The molecule has 1 aliphatic rings. The summed E-state index contributed by atoms with van der Waals surface area (Å²) in [6, 6.07) is 7.88. The van der Waals surface area contributed by atoms with Crippen LogP contribution in [-0.4, -0.2) is 80.9 Å². The molecule has 0 aromatic carbocycles. The molecule has 0 bridgehead atoms. The molecular weight excluding hydrogens is 456 g/mol. The smallest absolute Gasteiger partial charge is 0.154 e. The fraction of sp³-hybridized carbons (Fsp3) is 0.423.